The first kappa shape index (κ1) is 15.3. The minimum Gasteiger partial charge on any atom is -0.303 e. The highest BCUT2D eigenvalue weighted by Crippen LogP contribution is 2.29. The molecule has 0 N–H and O–H groups in total. The molecule has 0 unspecified atom stereocenters. The molecule has 0 spiro atoms. The lowest BCUT2D eigenvalue weighted by Gasteiger charge is -2.40. The van der Waals surface area contributed by atoms with Crippen molar-refractivity contribution in [1.82, 2.24) is 9.80 Å². The zero-order valence-electron chi connectivity index (χ0n) is 13.6. The molecule has 0 aromatic carbocycles. The van der Waals surface area contributed by atoms with Gasteiger partial charge in [-0.3, -0.25) is 0 Å². The van der Waals surface area contributed by atoms with Crippen molar-refractivity contribution in [3.05, 3.63) is 0 Å². The van der Waals surface area contributed by atoms with E-state index in [-0.39, 0.29) is 0 Å². The predicted octanol–water partition coefficient (Wildman–Crippen LogP) is 3.62. The van der Waals surface area contributed by atoms with E-state index in [0.29, 0.717) is 6.04 Å². The Morgan fingerprint density at radius 1 is 1.00 bits per heavy atom. The van der Waals surface area contributed by atoms with Gasteiger partial charge >= 0.3 is 0 Å². The summed E-state index contributed by atoms with van der Waals surface area (Å²) in [5.41, 5.74) is 0. The van der Waals surface area contributed by atoms with Crippen LogP contribution in [0.1, 0.15) is 59.3 Å². The third-order valence-corrected chi connectivity index (χ3v) is 5.60. The van der Waals surface area contributed by atoms with E-state index < -0.39 is 0 Å². The quantitative estimate of drug-likeness (QED) is 0.767. The fraction of sp³-hybridized carbons (Fsp3) is 1.00. The SMILES string of the molecule is CC1CCC(CN2CCC(N(C)C(C)C)CC2)CC1. The van der Waals surface area contributed by atoms with E-state index in [1.165, 1.54) is 58.2 Å². The Hall–Kier alpha value is -0.0800. The van der Waals surface area contributed by atoms with Crippen molar-refractivity contribution in [3.8, 4) is 0 Å². The first-order valence-electron chi connectivity index (χ1n) is 8.50. The van der Waals surface area contributed by atoms with E-state index in [2.05, 4.69) is 37.6 Å². The van der Waals surface area contributed by atoms with Gasteiger partial charge in [0.15, 0.2) is 0 Å². The van der Waals surface area contributed by atoms with E-state index in [4.69, 9.17) is 0 Å². The van der Waals surface area contributed by atoms with Gasteiger partial charge in [-0.2, -0.15) is 0 Å². The maximum absolute atomic E-state index is 2.74. The fourth-order valence-corrected chi connectivity index (χ4v) is 3.81. The normalized spacial score (nSPS) is 31.3. The molecule has 2 nitrogen and oxygen atoms in total. The average molecular weight is 266 g/mol. The molecule has 0 aromatic heterocycles. The molecule has 0 amide bonds. The van der Waals surface area contributed by atoms with Crippen molar-refractivity contribution in [2.75, 3.05) is 26.7 Å². The second-order valence-corrected chi connectivity index (χ2v) is 7.42. The molecular weight excluding hydrogens is 232 g/mol. The van der Waals surface area contributed by atoms with E-state index in [1.54, 1.807) is 0 Å². The Balaban J connectivity index is 1.69. The van der Waals surface area contributed by atoms with Crippen LogP contribution >= 0.6 is 0 Å². The lowest BCUT2D eigenvalue weighted by molar-refractivity contribution is 0.0906. The first-order chi connectivity index (χ1) is 9.06. The zero-order valence-corrected chi connectivity index (χ0v) is 13.6. The molecule has 1 aliphatic heterocycles. The van der Waals surface area contributed by atoms with Crippen molar-refractivity contribution in [1.29, 1.82) is 0 Å². The van der Waals surface area contributed by atoms with E-state index in [9.17, 15) is 0 Å². The van der Waals surface area contributed by atoms with Crippen molar-refractivity contribution >= 4 is 0 Å². The highest BCUT2D eigenvalue weighted by molar-refractivity contribution is 4.82. The molecule has 0 bridgehead atoms. The Morgan fingerprint density at radius 3 is 2.11 bits per heavy atom. The topological polar surface area (TPSA) is 6.48 Å². The van der Waals surface area contributed by atoms with Gasteiger partial charge in [0.2, 0.25) is 0 Å². The molecule has 2 heteroatoms. The highest BCUT2D eigenvalue weighted by atomic mass is 15.2. The summed E-state index contributed by atoms with van der Waals surface area (Å²) in [6.45, 7) is 11.1. The van der Waals surface area contributed by atoms with Gasteiger partial charge in [0.05, 0.1) is 0 Å². The van der Waals surface area contributed by atoms with E-state index >= 15 is 0 Å². The summed E-state index contributed by atoms with van der Waals surface area (Å²) in [4.78, 5) is 5.31. The molecule has 1 heterocycles. The van der Waals surface area contributed by atoms with Crippen molar-refractivity contribution in [2.45, 2.75) is 71.4 Å². The van der Waals surface area contributed by atoms with E-state index in [0.717, 1.165) is 17.9 Å². The summed E-state index contributed by atoms with van der Waals surface area (Å²) in [5.74, 6) is 1.98. The Kier molecular flexibility index (Phi) is 5.70. The number of nitrogens with zero attached hydrogens (tertiary/aromatic N) is 2. The molecule has 2 rings (SSSR count). The summed E-state index contributed by atoms with van der Waals surface area (Å²) in [5, 5.41) is 0. The molecule has 2 fully saturated rings. The van der Waals surface area contributed by atoms with Gasteiger partial charge in [-0.25, -0.2) is 0 Å². The van der Waals surface area contributed by atoms with Gasteiger partial charge in [-0.1, -0.05) is 19.8 Å². The summed E-state index contributed by atoms with van der Waals surface area (Å²) < 4.78 is 0. The van der Waals surface area contributed by atoms with Crippen molar-refractivity contribution in [2.24, 2.45) is 11.8 Å². The summed E-state index contributed by atoms with van der Waals surface area (Å²) in [6, 6.07) is 1.51. The number of hydrogen-bond acceptors (Lipinski definition) is 2. The van der Waals surface area contributed by atoms with Crippen LogP contribution in [0.3, 0.4) is 0 Å². The van der Waals surface area contributed by atoms with Gasteiger partial charge in [0.1, 0.15) is 0 Å². The van der Waals surface area contributed by atoms with Crippen LogP contribution in [-0.2, 0) is 0 Å². The van der Waals surface area contributed by atoms with Gasteiger partial charge in [0, 0.05) is 18.6 Å². The van der Waals surface area contributed by atoms with Gasteiger partial charge in [-0.15, -0.1) is 0 Å². The first-order valence-corrected chi connectivity index (χ1v) is 8.50. The lowest BCUT2D eigenvalue weighted by Crippen LogP contribution is -2.46. The molecule has 0 aromatic rings. The van der Waals surface area contributed by atoms with Gasteiger partial charge in [0.25, 0.3) is 0 Å². The minimum absolute atomic E-state index is 0.691. The van der Waals surface area contributed by atoms with Crippen LogP contribution in [0.4, 0.5) is 0 Å². The maximum Gasteiger partial charge on any atom is 0.0119 e. The molecule has 0 radical (unpaired) electrons. The largest absolute Gasteiger partial charge is 0.303 e. The molecule has 112 valence electrons. The van der Waals surface area contributed by atoms with Crippen LogP contribution in [-0.4, -0.2) is 48.6 Å². The monoisotopic (exact) mass is 266 g/mol. The average Bonchev–Trinajstić information content (AvgIpc) is 2.41. The number of likely N-dealkylation sites (tertiary alicyclic amines) is 1. The molecule has 2 aliphatic rings. The molecular formula is C17H34N2. The smallest absolute Gasteiger partial charge is 0.0119 e. The van der Waals surface area contributed by atoms with Crippen molar-refractivity contribution < 1.29 is 0 Å². The third kappa shape index (κ3) is 4.46. The summed E-state index contributed by atoms with van der Waals surface area (Å²) in [6.07, 6.45) is 8.64. The number of piperidine rings is 1. The lowest BCUT2D eigenvalue weighted by atomic mass is 9.82. The molecule has 1 saturated heterocycles. The summed E-state index contributed by atoms with van der Waals surface area (Å²) >= 11 is 0. The minimum atomic E-state index is 0.691. The highest BCUT2D eigenvalue weighted by Gasteiger charge is 2.26. The molecule has 1 aliphatic carbocycles. The number of hydrogen-bond donors (Lipinski definition) is 0. The standard InChI is InChI=1S/C17H34N2/c1-14(2)18(4)17-9-11-19(12-10-17)13-16-7-5-15(3)6-8-16/h14-17H,5-13H2,1-4H3. The number of rotatable bonds is 4. The zero-order chi connectivity index (χ0) is 13.8. The van der Waals surface area contributed by atoms with Crippen molar-refractivity contribution in [3.63, 3.8) is 0 Å². The Labute approximate surface area is 120 Å². The maximum atomic E-state index is 2.74. The fourth-order valence-electron chi connectivity index (χ4n) is 3.81. The van der Waals surface area contributed by atoms with Gasteiger partial charge in [-0.05, 0) is 71.5 Å². The predicted molar refractivity (Wildman–Crippen MR) is 83.5 cm³/mol. The summed E-state index contributed by atoms with van der Waals surface area (Å²) in [7, 11) is 2.30. The second-order valence-electron chi connectivity index (χ2n) is 7.42. The molecule has 19 heavy (non-hydrogen) atoms. The van der Waals surface area contributed by atoms with Crippen LogP contribution in [0.2, 0.25) is 0 Å². The second kappa shape index (κ2) is 7.08. The van der Waals surface area contributed by atoms with E-state index in [1.807, 2.05) is 0 Å². The third-order valence-electron chi connectivity index (χ3n) is 5.60. The Morgan fingerprint density at radius 2 is 1.58 bits per heavy atom. The van der Waals surface area contributed by atoms with Gasteiger partial charge < -0.3 is 9.80 Å². The molecule has 0 atom stereocenters. The van der Waals surface area contributed by atoms with Crippen LogP contribution in [0.15, 0.2) is 0 Å². The molecule has 1 saturated carbocycles. The van der Waals surface area contributed by atoms with Crippen LogP contribution in [0, 0.1) is 11.8 Å². The Bertz CT molecular complexity index is 248. The van der Waals surface area contributed by atoms with Crippen LogP contribution in [0.25, 0.3) is 0 Å². The van der Waals surface area contributed by atoms with Crippen LogP contribution in [0.5, 0.6) is 0 Å². The van der Waals surface area contributed by atoms with Crippen LogP contribution < -0.4 is 0 Å².